The zero-order chi connectivity index (χ0) is 15.0. The van der Waals surface area contributed by atoms with Gasteiger partial charge in [-0.05, 0) is 43.5 Å². The SMILES string of the molecule is Cc1cc(S(=O)(=O)N2CCOC3CCCCC32)ccc1F. The molecule has 2 unspecified atom stereocenters. The topological polar surface area (TPSA) is 46.6 Å². The number of sulfonamides is 1. The quantitative estimate of drug-likeness (QED) is 0.842. The second kappa shape index (κ2) is 5.66. The number of benzene rings is 1. The van der Waals surface area contributed by atoms with Crippen LogP contribution in [0.15, 0.2) is 23.1 Å². The van der Waals surface area contributed by atoms with Crippen molar-refractivity contribution in [3.8, 4) is 0 Å². The molecule has 116 valence electrons. The van der Waals surface area contributed by atoms with E-state index < -0.39 is 10.0 Å². The smallest absolute Gasteiger partial charge is 0.243 e. The molecule has 0 bridgehead atoms. The molecule has 0 spiro atoms. The van der Waals surface area contributed by atoms with Crippen LogP contribution in [0, 0.1) is 12.7 Å². The van der Waals surface area contributed by atoms with Crippen molar-refractivity contribution in [1.82, 2.24) is 4.31 Å². The first-order chi connectivity index (χ1) is 10.00. The van der Waals surface area contributed by atoms with Crippen LogP contribution in [0.3, 0.4) is 0 Å². The lowest BCUT2D eigenvalue weighted by Gasteiger charge is -2.42. The predicted molar refractivity (Wildman–Crippen MR) is 77.0 cm³/mol. The Morgan fingerprint density at radius 1 is 1.29 bits per heavy atom. The number of halogens is 1. The zero-order valence-electron chi connectivity index (χ0n) is 12.1. The highest BCUT2D eigenvalue weighted by atomic mass is 32.2. The van der Waals surface area contributed by atoms with Gasteiger partial charge in [-0.2, -0.15) is 4.31 Å². The van der Waals surface area contributed by atoms with E-state index in [4.69, 9.17) is 4.74 Å². The van der Waals surface area contributed by atoms with E-state index >= 15 is 0 Å². The summed E-state index contributed by atoms with van der Waals surface area (Å²) in [6, 6.07) is 3.91. The van der Waals surface area contributed by atoms with Crippen LogP contribution in [-0.2, 0) is 14.8 Å². The molecule has 0 amide bonds. The molecule has 1 aromatic rings. The van der Waals surface area contributed by atoms with E-state index in [1.54, 1.807) is 11.2 Å². The van der Waals surface area contributed by atoms with Crippen molar-refractivity contribution < 1.29 is 17.5 Å². The van der Waals surface area contributed by atoms with Gasteiger partial charge in [-0.3, -0.25) is 0 Å². The second-order valence-electron chi connectivity index (χ2n) is 5.79. The average Bonchev–Trinajstić information content (AvgIpc) is 2.49. The molecule has 6 heteroatoms. The van der Waals surface area contributed by atoms with Crippen LogP contribution in [0.4, 0.5) is 4.39 Å². The Kier molecular flexibility index (Phi) is 4.03. The number of nitrogens with zero attached hydrogens (tertiary/aromatic N) is 1. The van der Waals surface area contributed by atoms with E-state index in [9.17, 15) is 12.8 Å². The largest absolute Gasteiger partial charge is 0.375 e. The summed E-state index contributed by atoms with van der Waals surface area (Å²) >= 11 is 0. The number of aryl methyl sites for hydroxylation is 1. The summed E-state index contributed by atoms with van der Waals surface area (Å²) in [7, 11) is -3.59. The fourth-order valence-electron chi connectivity index (χ4n) is 3.27. The van der Waals surface area contributed by atoms with Crippen LogP contribution in [0.25, 0.3) is 0 Å². The van der Waals surface area contributed by atoms with Gasteiger partial charge in [-0.15, -0.1) is 0 Å². The van der Waals surface area contributed by atoms with Gasteiger partial charge in [0.05, 0.1) is 23.6 Å². The minimum Gasteiger partial charge on any atom is -0.375 e. The molecule has 1 aromatic carbocycles. The third-order valence-corrected chi connectivity index (χ3v) is 6.34. The summed E-state index contributed by atoms with van der Waals surface area (Å²) < 4.78 is 46.4. The maximum absolute atomic E-state index is 13.4. The maximum Gasteiger partial charge on any atom is 0.243 e. The number of fused-ring (bicyclic) bond motifs is 1. The molecule has 4 nitrogen and oxygen atoms in total. The molecule has 0 aromatic heterocycles. The summed E-state index contributed by atoms with van der Waals surface area (Å²) in [6.07, 6.45) is 3.87. The molecule has 1 saturated heterocycles. The normalized spacial score (nSPS) is 27.3. The number of ether oxygens (including phenoxy) is 1. The van der Waals surface area contributed by atoms with E-state index in [1.165, 1.54) is 18.2 Å². The Morgan fingerprint density at radius 3 is 2.81 bits per heavy atom. The number of hydrogen-bond donors (Lipinski definition) is 0. The van der Waals surface area contributed by atoms with Gasteiger partial charge in [-0.1, -0.05) is 12.8 Å². The third-order valence-electron chi connectivity index (χ3n) is 4.42. The Bertz CT molecular complexity index is 630. The average molecular weight is 313 g/mol. The Morgan fingerprint density at radius 2 is 2.05 bits per heavy atom. The molecule has 0 radical (unpaired) electrons. The second-order valence-corrected chi connectivity index (χ2v) is 7.68. The molecule has 0 N–H and O–H groups in total. The minimum absolute atomic E-state index is 0.00354. The molecular formula is C15H20FNO3S. The summed E-state index contributed by atoms with van der Waals surface area (Å²) in [4.78, 5) is 0.174. The molecule has 3 rings (SSSR count). The van der Waals surface area contributed by atoms with Gasteiger partial charge in [0.15, 0.2) is 0 Å². The Labute approximate surface area is 125 Å². The first-order valence-electron chi connectivity index (χ1n) is 7.40. The lowest BCUT2D eigenvalue weighted by molar-refractivity contribution is -0.0586. The lowest BCUT2D eigenvalue weighted by Crippen LogP contribution is -2.54. The molecule has 1 aliphatic carbocycles. The van der Waals surface area contributed by atoms with Crippen molar-refractivity contribution in [2.24, 2.45) is 0 Å². The summed E-state index contributed by atoms with van der Waals surface area (Å²) in [6.45, 7) is 2.39. The van der Waals surface area contributed by atoms with E-state index in [0.717, 1.165) is 25.7 Å². The van der Waals surface area contributed by atoms with E-state index in [1.807, 2.05) is 0 Å². The monoisotopic (exact) mass is 313 g/mol. The minimum atomic E-state index is -3.59. The Balaban J connectivity index is 1.94. The first kappa shape index (κ1) is 14.9. The van der Waals surface area contributed by atoms with Crippen LogP contribution < -0.4 is 0 Å². The fourth-order valence-corrected chi connectivity index (χ4v) is 5.02. The third kappa shape index (κ3) is 2.72. The number of morpholine rings is 1. The fraction of sp³-hybridized carbons (Fsp3) is 0.600. The Hall–Kier alpha value is -0.980. The van der Waals surface area contributed by atoms with Gasteiger partial charge >= 0.3 is 0 Å². The molecular weight excluding hydrogens is 293 g/mol. The van der Waals surface area contributed by atoms with Gasteiger partial charge in [0, 0.05) is 6.54 Å². The number of hydrogen-bond acceptors (Lipinski definition) is 3. The molecule has 2 aliphatic rings. The van der Waals surface area contributed by atoms with Crippen LogP contribution in [0.1, 0.15) is 31.2 Å². The molecule has 1 heterocycles. The van der Waals surface area contributed by atoms with Crippen molar-refractivity contribution in [1.29, 1.82) is 0 Å². The van der Waals surface area contributed by atoms with Crippen LogP contribution >= 0.6 is 0 Å². The van der Waals surface area contributed by atoms with Crippen molar-refractivity contribution in [2.45, 2.75) is 49.6 Å². The predicted octanol–water partition coefficient (Wildman–Crippen LogP) is 2.47. The highest BCUT2D eigenvalue weighted by Crippen LogP contribution is 2.32. The van der Waals surface area contributed by atoms with Gasteiger partial charge in [0.1, 0.15) is 5.82 Å². The van der Waals surface area contributed by atoms with Gasteiger partial charge in [-0.25, -0.2) is 12.8 Å². The van der Waals surface area contributed by atoms with Crippen LogP contribution in [0.2, 0.25) is 0 Å². The van der Waals surface area contributed by atoms with Gasteiger partial charge in [0.2, 0.25) is 10.0 Å². The summed E-state index contributed by atoms with van der Waals surface area (Å²) in [5.74, 6) is -0.383. The van der Waals surface area contributed by atoms with E-state index in [-0.39, 0.29) is 22.9 Å². The van der Waals surface area contributed by atoms with Crippen LogP contribution in [0.5, 0.6) is 0 Å². The molecule has 2 fully saturated rings. The summed E-state index contributed by atoms with van der Waals surface area (Å²) in [5.41, 5.74) is 0.351. The van der Waals surface area contributed by atoms with Crippen molar-refractivity contribution in [3.05, 3.63) is 29.6 Å². The number of rotatable bonds is 2. The molecule has 21 heavy (non-hydrogen) atoms. The highest BCUT2D eigenvalue weighted by molar-refractivity contribution is 7.89. The standard InChI is InChI=1S/C15H20FNO3S/c1-11-10-12(6-7-13(11)16)21(18,19)17-8-9-20-15-5-3-2-4-14(15)17/h6-7,10,14-15H,2-5,8-9H2,1H3. The maximum atomic E-state index is 13.4. The van der Waals surface area contributed by atoms with Crippen molar-refractivity contribution >= 4 is 10.0 Å². The van der Waals surface area contributed by atoms with Crippen molar-refractivity contribution in [2.75, 3.05) is 13.2 Å². The first-order valence-corrected chi connectivity index (χ1v) is 8.84. The van der Waals surface area contributed by atoms with E-state index in [2.05, 4.69) is 0 Å². The van der Waals surface area contributed by atoms with Crippen LogP contribution in [-0.4, -0.2) is 38.0 Å². The van der Waals surface area contributed by atoms with Crippen molar-refractivity contribution in [3.63, 3.8) is 0 Å². The van der Waals surface area contributed by atoms with Gasteiger partial charge < -0.3 is 4.74 Å². The molecule has 1 saturated carbocycles. The lowest BCUT2D eigenvalue weighted by atomic mass is 9.91. The molecule has 2 atom stereocenters. The van der Waals surface area contributed by atoms with E-state index in [0.29, 0.717) is 18.7 Å². The summed E-state index contributed by atoms with van der Waals surface area (Å²) in [5, 5.41) is 0. The highest BCUT2D eigenvalue weighted by Gasteiger charge is 2.40. The zero-order valence-corrected chi connectivity index (χ0v) is 12.9. The molecule has 1 aliphatic heterocycles. The van der Waals surface area contributed by atoms with Gasteiger partial charge in [0.25, 0.3) is 0 Å².